The molecule has 2 aromatic rings. The van der Waals surface area contributed by atoms with Crippen molar-refractivity contribution in [2.45, 2.75) is 13.8 Å². The second kappa shape index (κ2) is 3.27. The lowest BCUT2D eigenvalue weighted by molar-refractivity contribution is 1.02. The molecule has 15 heavy (non-hydrogen) atoms. The van der Waals surface area contributed by atoms with Gasteiger partial charge in [0.2, 0.25) is 5.95 Å². The highest BCUT2D eigenvalue weighted by molar-refractivity contribution is 5.63. The largest absolute Gasteiger partial charge is 0.366 e. The Morgan fingerprint density at radius 3 is 2.53 bits per heavy atom. The maximum absolute atomic E-state index is 5.72. The van der Waals surface area contributed by atoms with Gasteiger partial charge in [0.05, 0.1) is 0 Å². The number of hydrogen-bond donors (Lipinski definition) is 2. The van der Waals surface area contributed by atoms with Crippen LogP contribution in [0.15, 0.2) is 18.2 Å². The topological polar surface area (TPSA) is 82.8 Å². The normalized spacial score (nSPS) is 10.5. The molecule has 5 nitrogen and oxygen atoms in total. The van der Waals surface area contributed by atoms with Gasteiger partial charge < -0.3 is 11.6 Å². The fourth-order valence-electron chi connectivity index (χ4n) is 1.48. The number of aryl methyl sites for hydroxylation is 1. The van der Waals surface area contributed by atoms with Gasteiger partial charge in [-0.15, -0.1) is 10.2 Å². The third-order valence-corrected chi connectivity index (χ3v) is 2.57. The van der Waals surface area contributed by atoms with Gasteiger partial charge in [-0.2, -0.15) is 0 Å². The monoisotopic (exact) mass is 203 g/mol. The Morgan fingerprint density at radius 1 is 1.20 bits per heavy atom. The molecule has 0 spiro atoms. The zero-order valence-electron chi connectivity index (χ0n) is 8.73. The van der Waals surface area contributed by atoms with E-state index < -0.39 is 0 Å². The molecular weight excluding hydrogens is 190 g/mol. The maximum atomic E-state index is 5.72. The van der Waals surface area contributed by atoms with Gasteiger partial charge in [0, 0.05) is 5.56 Å². The van der Waals surface area contributed by atoms with Crippen LogP contribution in [0.4, 0.5) is 5.95 Å². The summed E-state index contributed by atoms with van der Waals surface area (Å²) in [6, 6.07) is 5.96. The van der Waals surface area contributed by atoms with Crippen LogP contribution >= 0.6 is 0 Å². The molecule has 5 heteroatoms. The van der Waals surface area contributed by atoms with Crippen molar-refractivity contribution in [1.82, 2.24) is 14.9 Å². The smallest absolute Gasteiger partial charge is 0.241 e. The van der Waals surface area contributed by atoms with Crippen LogP contribution in [0.2, 0.25) is 0 Å². The minimum atomic E-state index is 0.214. The van der Waals surface area contributed by atoms with Crippen LogP contribution in [-0.4, -0.2) is 14.9 Å². The molecule has 0 unspecified atom stereocenters. The van der Waals surface area contributed by atoms with E-state index >= 15 is 0 Å². The van der Waals surface area contributed by atoms with Gasteiger partial charge in [-0.1, -0.05) is 18.2 Å². The molecule has 0 aliphatic carbocycles. The van der Waals surface area contributed by atoms with E-state index in [-0.39, 0.29) is 5.95 Å². The van der Waals surface area contributed by atoms with Gasteiger partial charge in [-0.05, 0) is 25.0 Å². The number of anilines is 1. The predicted octanol–water partition coefficient (Wildman–Crippen LogP) is 0.858. The lowest BCUT2D eigenvalue weighted by atomic mass is 10.0. The Bertz CT molecular complexity index is 501. The summed E-state index contributed by atoms with van der Waals surface area (Å²) in [6.07, 6.45) is 0. The lowest BCUT2D eigenvalue weighted by Crippen LogP contribution is -2.13. The second-order valence-corrected chi connectivity index (χ2v) is 3.50. The summed E-state index contributed by atoms with van der Waals surface area (Å²) < 4.78 is 1.29. The number of hydrogen-bond acceptors (Lipinski definition) is 4. The standard InChI is InChI=1S/C10H13N5/c1-6-4-3-5-8(7(6)2)9-13-14-10(11)15(9)12/h3-5H,12H2,1-2H3,(H2,11,14). The van der Waals surface area contributed by atoms with Crippen LogP contribution in [0.25, 0.3) is 11.4 Å². The molecule has 2 rings (SSSR count). The summed E-state index contributed by atoms with van der Waals surface area (Å²) in [7, 11) is 0. The van der Waals surface area contributed by atoms with Crippen molar-refractivity contribution in [3.63, 3.8) is 0 Å². The molecule has 0 bridgehead atoms. The van der Waals surface area contributed by atoms with Crippen molar-refractivity contribution in [2.75, 3.05) is 11.6 Å². The molecule has 1 aromatic carbocycles. The predicted molar refractivity (Wildman–Crippen MR) is 59.5 cm³/mol. The first kappa shape index (κ1) is 9.51. The van der Waals surface area contributed by atoms with E-state index in [0.717, 1.165) is 11.1 Å². The van der Waals surface area contributed by atoms with E-state index in [0.29, 0.717) is 5.82 Å². The first-order valence-corrected chi connectivity index (χ1v) is 4.64. The molecular formula is C10H13N5. The van der Waals surface area contributed by atoms with Crippen LogP contribution in [0.5, 0.6) is 0 Å². The van der Waals surface area contributed by atoms with E-state index in [2.05, 4.69) is 10.2 Å². The van der Waals surface area contributed by atoms with Crippen LogP contribution in [0.3, 0.4) is 0 Å². The van der Waals surface area contributed by atoms with E-state index in [4.69, 9.17) is 11.6 Å². The van der Waals surface area contributed by atoms with Gasteiger partial charge in [0.1, 0.15) is 0 Å². The Morgan fingerprint density at radius 2 is 1.93 bits per heavy atom. The number of aromatic nitrogens is 3. The summed E-state index contributed by atoms with van der Waals surface area (Å²) >= 11 is 0. The fraction of sp³-hybridized carbons (Fsp3) is 0.200. The quantitative estimate of drug-likeness (QED) is 0.673. The van der Waals surface area contributed by atoms with Gasteiger partial charge in [-0.3, -0.25) is 0 Å². The molecule has 0 saturated heterocycles. The average Bonchev–Trinajstić information content (AvgIpc) is 2.53. The highest BCUT2D eigenvalue weighted by Crippen LogP contribution is 2.23. The highest BCUT2D eigenvalue weighted by atomic mass is 15.4. The highest BCUT2D eigenvalue weighted by Gasteiger charge is 2.11. The molecule has 78 valence electrons. The first-order chi connectivity index (χ1) is 7.11. The van der Waals surface area contributed by atoms with Crippen molar-refractivity contribution >= 4 is 5.95 Å². The van der Waals surface area contributed by atoms with E-state index in [9.17, 15) is 0 Å². The number of nitrogen functional groups attached to an aromatic ring is 2. The molecule has 0 amide bonds. The summed E-state index contributed by atoms with van der Waals surface area (Å²) in [5.41, 5.74) is 8.82. The Labute approximate surface area is 87.7 Å². The second-order valence-electron chi connectivity index (χ2n) is 3.50. The summed E-state index contributed by atoms with van der Waals surface area (Å²) in [4.78, 5) is 0. The van der Waals surface area contributed by atoms with Crippen molar-refractivity contribution in [1.29, 1.82) is 0 Å². The molecule has 0 aliphatic heterocycles. The average molecular weight is 203 g/mol. The van der Waals surface area contributed by atoms with Gasteiger partial charge in [0.15, 0.2) is 5.82 Å². The number of nitrogens with two attached hydrogens (primary N) is 2. The lowest BCUT2D eigenvalue weighted by Gasteiger charge is -2.07. The molecule has 0 fully saturated rings. The van der Waals surface area contributed by atoms with E-state index in [1.54, 1.807) is 0 Å². The molecule has 4 N–H and O–H groups in total. The number of rotatable bonds is 1. The Kier molecular flexibility index (Phi) is 2.07. The zero-order valence-corrected chi connectivity index (χ0v) is 8.73. The molecule has 0 aliphatic rings. The van der Waals surface area contributed by atoms with Crippen molar-refractivity contribution in [3.05, 3.63) is 29.3 Å². The zero-order chi connectivity index (χ0) is 11.0. The number of nitrogens with zero attached hydrogens (tertiary/aromatic N) is 3. The molecule has 0 atom stereocenters. The minimum absolute atomic E-state index is 0.214. The summed E-state index contributed by atoms with van der Waals surface area (Å²) in [5, 5.41) is 7.68. The minimum Gasteiger partial charge on any atom is -0.366 e. The third kappa shape index (κ3) is 1.41. The molecule has 0 radical (unpaired) electrons. The number of benzene rings is 1. The molecule has 0 saturated carbocycles. The van der Waals surface area contributed by atoms with Gasteiger partial charge in [0.25, 0.3) is 0 Å². The van der Waals surface area contributed by atoms with Crippen molar-refractivity contribution in [3.8, 4) is 11.4 Å². The maximum Gasteiger partial charge on any atom is 0.241 e. The summed E-state index contributed by atoms with van der Waals surface area (Å²) in [6.45, 7) is 4.06. The van der Waals surface area contributed by atoms with Crippen LogP contribution < -0.4 is 11.6 Å². The van der Waals surface area contributed by atoms with Crippen LogP contribution in [0.1, 0.15) is 11.1 Å². The van der Waals surface area contributed by atoms with Crippen molar-refractivity contribution < 1.29 is 0 Å². The van der Waals surface area contributed by atoms with Gasteiger partial charge >= 0.3 is 0 Å². The third-order valence-electron chi connectivity index (χ3n) is 2.57. The fourth-order valence-corrected chi connectivity index (χ4v) is 1.48. The molecule has 1 aromatic heterocycles. The van der Waals surface area contributed by atoms with Gasteiger partial charge in [-0.25, -0.2) is 4.68 Å². The van der Waals surface area contributed by atoms with Crippen LogP contribution in [0, 0.1) is 13.8 Å². The van der Waals surface area contributed by atoms with E-state index in [1.807, 2.05) is 32.0 Å². The Balaban J connectivity index is 2.64. The van der Waals surface area contributed by atoms with E-state index in [1.165, 1.54) is 10.2 Å². The Hall–Kier alpha value is -2.04. The van der Waals surface area contributed by atoms with Crippen molar-refractivity contribution in [2.24, 2.45) is 0 Å². The SMILES string of the molecule is Cc1cccc(-c2nnc(N)n2N)c1C. The molecule has 1 heterocycles. The first-order valence-electron chi connectivity index (χ1n) is 4.64. The summed E-state index contributed by atoms with van der Waals surface area (Å²) in [5.74, 6) is 6.53. The van der Waals surface area contributed by atoms with Crippen LogP contribution in [-0.2, 0) is 0 Å².